The van der Waals surface area contributed by atoms with Crippen molar-refractivity contribution in [2.45, 2.75) is 124 Å². The van der Waals surface area contributed by atoms with E-state index in [0.717, 1.165) is 104 Å². The number of carbonyl (C=O) groups excluding carboxylic acids is 5. The molecule has 0 aliphatic carbocycles. The number of hydrogen-bond acceptors (Lipinski definition) is 17. The van der Waals surface area contributed by atoms with Crippen molar-refractivity contribution >= 4 is 75.0 Å². The highest BCUT2D eigenvalue weighted by molar-refractivity contribution is 6.01. The second kappa shape index (κ2) is 38.0. The van der Waals surface area contributed by atoms with E-state index in [1.165, 1.54) is 12.1 Å². The van der Waals surface area contributed by atoms with E-state index in [4.69, 9.17) is 25.2 Å². The van der Waals surface area contributed by atoms with Crippen molar-refractivity contribution < 1.29 is 42.2 Å². The van der Waals surface area contributed by atoms with Crippen LogP contribution in [0.4, 0.5) is 31.8 Å². The van der Waals surface area contributed by atoms with Crippen LogP contribution < -0.4 is 43.0 Å². The number of anilines is 4. The zero-order valence-electron chi connectivity index (χ0n) is 62.5. The quantitative estimate of drug-likeness (QED) is 0.0234. The van der Waals surface area contributed by atoms with Gasteiger partial charge in [0, 0.05) is 158 Å². The number of amides is 4. The first-order valence-corrected chi connectivity index (χ1v) is 37.5. The summed E-state index contributed by atoms with van der Waals surface area (Å²) in [5, 5.41) is 33.6. The average Bonchev–Trinajstić information content (AvgIpc) is 1.67. The first-order valence-electron chi connectivity index (χ1n) is 37.5. The van der Waals surface area contributed by atoms with Gasteiger partial charge in [0.05, 0.1) is 34.5 Å². The lowest BCUT2D eigenvalue weighted by Gasteiger charge is -2.26. The van der Waals surface area contributed by atoms with Crippen molar-refractivity contribution in [3.8, 4) is 22.3 Å². The summed E-state index contributed by atoms with van der Waals surface area (Å²) in [6.07, 6.45) is 12.7. The molecule has 12 aromatic rings. The Morgan fingerprint density at radius 1 is 0.486 bits per heavy atom. The highest BCUT2D eigenvalue weighted by Crippen LogP contribution is 2.34. The molecule has 6 aromatic heterocycles. The molecule has 2 aliphatic heterocycles. The number of halogens is 2. The van der Waals surface area contributed by atoms with Gasteiger partial charge in [0.15, 0.2) is 11.3 Å². The average molecular weight is 1500 g/mol. The summed E-state index contributed by atoms with van der Waals surface area (Å²) < 4.78 is 44.7. The summed E-state index contributed by atoms with van der Waals surface area (Å²) in [4.78, 5) is 82.7. The van der Waals surface area contributed by atoms with Gasteiger partial charge in [-0.25, -0.2) is 38.1 Å². The Hall–Kier alpha value is -12.6. The summed E-state index contributed by atoms with van der Waals surface area (Å²) in [6, 6.07) is 48.5. The smallest absolute Gasteiger partial charge is 0.251 e. The maximum Gasteiger partial charge on any atom is 0.251 e. The minimum absolute atomic E-state index is 0.142. The van der Waals surface area contributed by atoms with Gasteiger partial charge in [0.2, 0.25) is 0 Å². The summed E-state index contributed by atoms with van der Waals surface area (Å²) in [5.41, 5.74) is 18.6. The molecule has 111 heavy (non-hydrogen) atoms. The number of pyridine rings is 4. The molecule has 2 saturated heterocycles. The van der Waals surface area contributed by atoms with Gasteiger partial charge in [-0.2, -0.15) is 10.2 Å². The number of nitrogens with one attached hydrogen (secondary N) is 7. The van der Waals surface area contributed by atoms with Crippen LogP contribution in [0.15, 0.2) is 195 Å². The molecule has 0 unspecified atom stereocenters. The molecule has 25 heteroatoms. The Labute approximate surface area is 642 Å². The Kier molecular flexibility index (Phi) is 26.7. The van der Waals surface area contributed by atoms with Gasteiger partial charge in [0.1, 0.15) is 29.6 Å². The molecule has 9 N–H and O–H groups in total. The fraction of sp³-hybridized carbons (Fsp3) is 0.267. The topological polar surface area (TPSA) is 301 Å². The lowest BCUT2D eigenvalue weighted by atomic mass is 10.00. The van der Waals surface area contributed by atoms with Crippen LogP contribution in [0.25, 0.3) is 44.3 Å². The minimum atomic E-state index is -0.430. The van der Waals surface area contributed by atoms with Crippen molar-refractivity contribution in [1.29, 1.82) is 0 Å². The molecule has 8 heterocycles. The van der Waals surface area contributed by atoms with Crippen molar-refractivity contribution in [2.75, 3.05) is 48.1 Å². The van der Waals surface area contributed by atoms with E-state index in [-0.39, 0.29) is 67.7 Å². The third-order valence-electron chi connectivity index (χ3n) is 19.3. The number of hydrogen-bond donors (Lipinski definition) is 8. The maximum absolute atomic E-state index is 15.1. The summed E-state index contributed by atoms with van der Waals surface area (Å²) in [6.45, 7) is 13.7. The van der Waals surface area contributed by atoms with Gasteiger partial charge in [-0.1, -0.05) is 86.6 Å². The van der Waals surface area contributed by atoms with Crippen molar-refractivity contribution in [1.82, 2.24) is 60.8 Å². The molecule has 2 fully saturated rings. The van der Waals surface area contributed by atoms with E-state index in [2.05, 4.69) is 64.3 Å². The summed E-state index contributed by atoms with van der Waals surface area (Å²) in [7, 11) is 0. The molecule has 0 radical (unpaired) electrons. The van der Waals surface area contributed by atoms with E-state index >= 15 is 4.39 Å². The van der Waals surface area contributed by atoms with Crippen LogP contribution in [0.2, 0.25) is 0 Å². The number of benzene rings is 6. The van der Waals surface area contributed by atoms with Gasteiger partial charge in [0.25, 0.3) is 23.6 Å². The second-order valence-corrected chi connectivity index (χ2v) is 26.8. The number of fused-ring (bicyclic) bond motifs is 2. The Balaban J connectivity index is 0.000000190. The Morgan fingerprint density at radius 3 is 1.35 bits per heavy atom. The summed E-state index contributed by atoms with van der Waals surface area (Å²) in [5.74, 6) is -0.800. The zero-order valence-corrected chi connectivity index (χ0v) is 62.5. The third kappa shape index (κ3) is 20.0. The van der Waals surface area contributed by atoms with Crippen LogP contribution in [-0.2, 0) is 68.1 Å². The Morgan fingerprint density at radius 2 is 0.928 bits per heavy atom. The van der Waals surface area contributed by atoms with Crippen LogP contribution in [0.3, 0.4) is 0 Å². The molecular weight excluding hydrogens is 1410 g/mol. The van der Waals surface area contributed by atoms with Gasteiger partial charge in [-0.15, -0.1) is 0 Å². The molecule has 0 spiro atoms. The van der Waals surface area contributed by atoms with E-state index in [9.17, 15) is 28.4 Å². The van der Waals surface area contributed by atoms with Crippen LogP contribution in [0.5, 0.6) is 0 Å². The monoisotopic (exact) mass is 1500 g/mol. The van der Waals surface area contributed by atoms with Crippen LogP contribution >= 0.6 is 0 Å². The van der Waals surface area contributed by atoms with Crippen LogP contribution in [0, 0.1) is 11.6 Å². The predicted molar refractivity (Wildman–Crippen MR) is 427 cm³/mol. The first kappa shape index (κ1) is 78.0. The fourth-order valence-electron chi connectivity index (χ4n) is 13.4. The molecule has 14 rings (SSSR count). The lowest BCUT2D eigenvalue weighted by Crippen LogP contribution is -2.30. The fourth-order valence-corrected chi connectivity index (χ4v) is 13.4. The van der Waals surface area contributed by atoms with Gasteiger partial charge in [-0.3, -0.25) is 24.0 Å². The molecule has 570 valence electrons. The predicted octanol–water partition coefficient (Wildman–Crippen LogP) is 14.0. The lowest BCUT2D eigenvalue weighted by molar-refractivity contribution is 0.0903. The maximum atomic E-state index is 15.1. The van der Waals surface area contributed by atoms with Gasteiger partial charge in [-0.05, 0) is 177 Å². The van der Waals surface area contributed by atoms with E-state index < -0.39 is 5.82 Å². The number of aryl methyl sites for hydroxylation is 4. The van der Waals surface area contributed by atoms with E-state index in [1.54, 1.807) is 116 Å². The number of nitrogens with two attached hydrogens (primary N) is 1. The molecular formula is C86H90F2N16O7. The highest BCUT2D eigenvalue weighted by Gasteiger charge is 2.26. The first-order chi connectivity index (χ1) is 54.2. The number of nitrogen functional groups attached to an aromatic ring is 1. The number of ether oxygens (including phenoxy) is 2. The SMILES string of the molecule is CCc1nc2c(cnn2CC)c(NC2CCOCC2)c1CNC(=O)c1cccc(C(=O)NCc2ccc(F)c(-c3cccc(C=O)c3)c2)c1.CCc1nc2c(cnn2CC)c(NC2CCOCC2)c1CNC(=O)c1cccc(C(=O)NCc2ccc(F)c(-c3cccc(CNc4ccccn4)c3)c2)c1.Nc1ccccn1. The Bertz CT molecular complexity index is 5240. The molecule has 0 bridgehead atoms. The molecule has 23 nitrogen and oxygen atoms in total. The van der Waals surface area contributed by atoms with Gasteiger partial charge >= 0.3 is 0 Å². The van der Waals surface area contributed by atoms with Crippen molar-refractivity contribution in [3.63, 3.8) is 0 Å². The molecule has 2 aliphatic rings. The number of rotatable bonds is 26. The molecule has 0 atom stereocenters. The van der Waals surface area contributed by atoms with Crippen molar-refractivity contribution in [2.24, 2.45) is 0 Å². The normalized spacial score (nSPS) is 12.9. The molecule has 4 amide bonds. The largest absolute Gasteiger partial charge is 0.384 e. The number of nitrogens with zero attached hydrogens (tertiary/aromatic N) is 8. The highest BCUT2D eigenvalue weighted by atomic mass is 19.1. The standard InChI is InChI=1S/C43H45FN8O3.C38H39FN6O4.C5H6N2/c1-3-38-35(40(50-33-16-19-55-20-17-33)36-27-49-52(4-2)41(36)51-38)26-48-43(54)32-12-8-11-31(23-32)42(53)47-25-29-14-15-37(44)34(22-29)30-10-7-9-28(21-30)24-46-39-13-5-6-18-45-39;1-3-34-31(35(43-29-13-15-49-16-14-29)32-22-42-45(4-2)36(32)44-34)21-41-38(48)28-10-6-9-27(19-28)37(47)40-20-24-11-12-33(39)30(18-24)26-8-5-7-25(17-26)23-46;6-5-3-1-2-4-7-5/h5-15,18,21-23,27,33H,3-4,16-17,19-20,24-26H2,1-2H3,(H,45,46)(H,47,53)(H,48,54)(H,50,51);5-12,17-19,22-23,29H,3-4,13-16,20-21H2,1-2H3,(H,40,47)(H,41,48)(H,43,44);1-4H,(H2,6,7). The third-order valence-corrected chi connectivity index (χ3v) is 19.3. The number of carbonyl (C=O) groups is 5. The second-order valence-electron chi connectivity index (χ2n) is 26.8. The van der Waals surface area contributed by atoms with Crippen LogP contribution in [-0.4, -0.2) is 108 Å². The molecule has 0 saturated carbocycles. The summed E-state index contributed by atoms with van der Waals surface area (Å²) >= 11 is 0. The van der Waals surface area contributed by atoms with E-state index in [1.807, 2.05) is 97.1 Å². The number of aldehydes is 1. The van der Waals surface area contributed by atoms with Crippen molar-refractivity contribution in [3.05, 3.63) is 273 Å². The van der Waals surface area contributed by atoms with Gasteiger partial charge < -0.3 is 52.4 Å². The van der Waals surface area contributed by atoms with E-state index in [0.29, 0.717) is 121 Å². The number of aromatic nitrogens is 8. The van der Waals surface area contributed by atoms with Crippen LogP contribution in [0.1, 0.15) is 144 Å². The zero-order chi connectivity index (χ0) is 77.6. The minimum Gasteiger partial charge on any atom is -0.384 e. The molecule has 6 aromatic carbocycles.